The average molecular weight is 150 g/mol. The van der Waals surface area contributed by atoms with E-state index in [1.54, 1.807) is 6.26 Å². The van der Waals surface area contributed by atoms with Gasteiger partial charge in [0.25, 0.3) is 0 Å². The number of piperidine rings is 1. The van der Waals surface area contributed by atoms with Gasteiger partial charge in [-0.3, -0.25) is 0 Å². The van der Waals surface area contributed by atoms with Gasteiger partial charge in [-0.2, -0.15) is 0 Å². The van der Waals surface area contributed by atoms with Crippen molar-refractivity contribution >= 4 is 5.69 Å². The Bertz CT molecular complexity index is 199. The van der Waals surface area contributed by atoms with E-state index in [1.807, 2.05) is 6.07 Å². The summed E-state index contributed by atoms with van der Waals surface area (Å²) in [5, 5.41) is 0. The van der Waals surface area contributed by atoms with Crippen molar-refractivity contribution in [2.75, 3.05) is 18.0 Å². The molecule has 1 fully saturated rings. The van der Waals surface area contributed by atoms with Gasteiger partial charge in [0.2, 0.25) is 0 Å². The van der Waals surface area contributed by atoms with Gasteiger partial charge >= 0.3 is 0 Å². The topological polar surface area (TPSA) is 16.4 Å². The molecule has 1 saturated heterocycles. The Labute approximate surface area is 66.8 Å². The second-order valence-electron chi connectivity index (χ2n) is 2.97. The highest BCUT2D eigenvalue weighted by Gasteiger charge is 2.10. The van der Waals surface area contributed by atoms with E-state index >= 15 is 0 Å². The fourth-order valence-electron chi connectivity index (χ4n) is 1.54. The molecule has 0 bridgehead atoms. The van der Waals surface area contributed by atoms with Crippen LogP contribution in [0.1, 0.15) is 19.3 Å². The normalized spacial score (nSPS) is 18.7. The Balaban J connectivity index is 2.04. The van der Waals surface area contributed by atoms with Crippen LogP contribution >= 0.6 is 0 Å². The maximum atomic E-state index is 4.90. The maximum Gasteiger partial charge on any atom is 0.171 e. The summed E-state index contributed by atoms with van der Waals surface area (Å²) in [6.07, 6.45) is 8.47. The number of hydrogen-bond acceptors (Lipinski definition) is 2. The lowest BCUT2D eigenvalue weighted by molar-refractivity contribution is 0.548. The standard InChI is InChI=1S/C9H12NO/c1-2-5-10(6-3-1)9-4-7-11-8-9/h4,8H,1-3,5-6H2. The van der Waals surface area contributed by atoms with Crippen LogP contribution in [0.25, 0.3) is 0 Å². The molecule has 2 heteroatoms. The first-order chi connectivity index (χ1) is 5.47. The SMILES string of the molecule is [c]1cc(N2CCCCC2)co1. The Kier molecular flexibility index (Phi) is 1.84. The highest BCUT2D eigenvalue weighted by Crippen LogP contribution is 2.18. The summed E-state index contributed by atoms with van der Waals surface area (Å²) in [4.78, 5) is 2.35. The maximum absolute atomic E-state index is 4.90. The molecule has 1 aromatic rings. The molecular formula is C9H12NO. The summed E-state index contributed by atoms with van der Waals surface area (Å²) in [5.74, 6) is 0. The van der Waals surface area contributed by atoms with E-state index < -0.39 is 0 Å². The molecule has 0 aliphatic carbocycles. The van der Waals surface area contributed by atoms with E-state index in [-0.39, 0.29) is 0 Å². The lowest BCUT2D eigenvalue weighted by Gasteiger charge is -2.26. The Morgan fingerprint density at radius 3 is 2.73 bits per heavy atom. The third-order valence-electron chi connectivity index (χ3n) is 2.18. The van der Waals surface area contributed by atoms with Crippen molar-refractivity contribution in [1.29, 1.82) is 0 Å². The monoisotopic (exact) mass is 150 g/mol. The summed E-state index contributed by atoms with van der Waals surface area (Å²) >= 11 is 0. The van der Waals surface area contributed by atoms with Crippen LogP contribution in [0.3, 0.4) is 0 Å². The molecule has 0 saturated carbocycles. The molecule has 0 aromatic carbocycles. The van der Waals surface area contributed by atoms with E-state index in [9.17, 15) is 0 Å². The van der Waals surface area contributed by atoms with Crippen LogP contribution in [-0.4, -0.2) is 13.1 Å². The van der Waals surface area contributed by atoms with E-state index in [0.29, 0.717) is 0 Å². The van der Waals surface area contributed by atoms with Crippen molar-refractivity contribution in [2.24, 2.45) is 0 Å². The number of hydrogen-bond donors (Lipinski definition) is 0. The van der Waals surface area contributed by atoms with Crippen molar-refractivity contribution in [2.45, 2.75) is 19.3 Å². The number of rotatable bonds is 1. The Morgan fingerprint density at radius 1 is 1.27 bits per heavy atom. The summed E-state index contributed by atoms with van der Waals surface area (Å²) in [6, 6.07) is 1.91. The molecule has 2 heterocycles. The van der Waals surface area contributed by atoms with Gasteiger partial charge in [-0.25, -0.2) is 0 Å². The van der Waals surface area contributed by atoms with Crippen LogP contribution in [0.15, 0.2) is 16.7 Å². The largest absolute Gasteiger partial charge is 0.459 e. The number of anilines is 1. The molecule has 0 amide bonds. The summed E-state index contributed by atoms with van der Waals surface area (Å²) < 4.78 is 4.90. The van der Waals surface area contributed by atoms with E-state index in [0.717, 1.165) is 0 Å². The van der Waals surface area contributed by atoms with Crippen molar-refractivity contribution < 1.29 is 4.42 Å². The quantitative estimate of drug-likeness (QED) is 0.609. The molecule has 2 rings (SSSR count). The van der Waals surface area contributed by atoms with E-state index in [2.05, 4.69) is 11.2 Å². The molecule has 1 radical (unpaired) electrons. The summed E-state index contributed by atoms with van der Waals surface area (Å²) in [5.41, 5.74) is 1.18. The molecule has 0 spiro atoms. The third kappa shape index (κ3) is 1.39. The molecule has 0 N–H and O–H groups in total. The van der Waals surface area contributed by atoms with Crippen molar-refractivity contribution in [1.82, 2.24) is 0 Å². The summed E-state index contributed by atoms with van der Waals surface area (Å²) in [7, 11) is 0. The predicted molar refractivity (Wildman–Crippen MR) is 43.6 cm³/mol. The first kappa shape index (κ1) is 6.77. The molecule has 2 nitrogen and oxygen atoms in total. The molecular weight excluding hydrogens is 138 g/mol. The minimum absolute atomic E-state index is 1.17. The smallest absolute Gasteiger partial charge is 0.171 e. The van der Waals surface area contributed by atoms with Crippen LogP contribution in [0.4, 0.5) is 5.69 Å². The molecule has 1 aliphatic heterocycles. The second kappa shape index (κ2) is 2.99. The minimum Gasteiger partial charge on any atom is -0.459 e. The van der Waals surface area contributed by atoms with Crippen LogP contribution in [-0.2, 0) is 0 Å². The zero-order chi connectivity index (χ0) is 7.52. The molecule has 1 aliphatic rings. The number of nitrogens with zero attached hydrogens (tertiary/aromatic N) is 1. The fraction of sp³-hybridized carbons (Fsp3) is 0.556. The van der Waals surface area contributed by atoms with Crippen LogP contribution in [0.2, 0.25) is 0 Å². The van der Waals surface area contributed by atoms with Crippen LogP contribution in [0, 0.1) is 6.26 Å². The molecule has 0 unspecified atom stereocenters. The third-order valence-corrected chi connectivity index (χ3v) is 2.18. The number of furan rings is 1. The van der Waals surface area contributed by atoms with Crippen molar-refractivity contribution in [3.8, 4) is 0 Å². The predicted octanol–water partition coefficient (Wildman–Crippen LogP) is 2.07. The van der Waals surface area contributed by atoms with Gasteiger partial charge in [0.05, 0.1) is 5.69 Å². The Morgan fingerprint density at radius 2 is 2.09 bits per heavy atom. The second-order valence-corrected chi connectivity index (χ2v) is 2.97. The van der Waals surface area contributed by atoms with Gasteiger partial charge in [0, 0.05) is 19.2 Å². The lowest BCUT2D eigenvalue weighted by atomic mass is 10.1. The van der Waals surface area contributed by atoms with E-state index in [1.165, 1.54) is 38.0 Å². The van der Waals surface area contributed by atoms with Gasteiger partial charge < -0.3 is 9.32 Å². The van der Waals surface area contributed by atoms with Crippen LogP contribution in [0.5, 0.6) is 0 Å². The summed E-state index contributed by atoms with van der Waals surface area (Å²) in [6.45, 7) is 2.35. The van der Waals surface area contributed by atoms with Gasteiger partial charge in [-0.05, 0) is 19.3 Å². The fourth-order valence-corrected chi connectivity index (χ4v) is 1.54. The van der Waals surface area contributed by atoms with Gasteiger partial charge in [0.15, 0.2) is 6.26 Å². The minimum atomic E-state index is 1.17. The van der Waals surface area contributed by atoms with Gasteiger partial charge in [-0.15, -0.1) is 0 Å². The molecule has 1 aromatic heterocycles. The van der Waals surface area contributed by atoms with E-state index in [4.69, 9.17) is 4.42 Å². The van der Waals surface area contributed by atoms with Gasteiger partial charge in [-0.1, -0.05) is 0 Å². The van der Waals surface area contributed by atoms with Gasteiger partial charge in [0.1, 0.15) is 6.26 Å². The molecule has 59 valence electrons. The first-order valence-corrected chi connectivity index (χ1v) is 4.16. The highest BCUT2D eigenvalue weighted by atomic mass is 16.3. The molecule has 0 atom stereocenters. The zero-order valence-corrected chi connectivity index (χ0v) is 6.55. The zero-order valence-electron chi connectivity index (χ0n) is 6.55. The van der Waals surface area contributed by atoms with Crippen molar-refractivity contribution in [3.63, 3.8) is 0 Å². The average Bonchev–Trinajstić information content (AvgIpc) is 2.58. The first-order valence-electron chi connectivity index (χ1n) is 4.16. The molecule has 11 heavy (non-hydrogen) atoms. The van der Waals surface area contributed by atoms with Crippen LogP contribution < -0.4 is 4.90 Å². The Hall–Kier alpha value is -0.920. The highest BCUT2D eigenvalue weighted by molar-refractivity contribution is 5.42. The lowest BCUT2D eigenvalue weighted by Crippen LogP contribution is -2.28. The van der Waals surface area contributed by atoms with Crippen molar-refractivity contribution in [3.05, 3.63) is 18.6 Å².